The largest absolute Gasteiger partial charge is 0.488 e. The maximum atomic E-state index is 12.1. The monoisotopic (exact) mass is 379 g/mol. The molecule has 0 fully saturated rings. The molecule has 1 aromatic carbocycles. The molecule has 3 aromatic rings. The molecule has 138 valence electrons. The Bertz CT molecular complexity index is 897. The highest BCUT2D eigenvalue weighted by Crippen LogP contribution is 2.32. The van der Waals surface area contributed by atoms with Crippen molar-refractivity contribution in [1.29, 1.82) is 0 Å². The van der Waals surface area contributed by atoms with Crippen LogP contribution in [0.25, 0.3) is 11.1 Å². The van der Waals surface area contributed by atoms with Crippen LogP contribution in [-0.4, -0.2) is 28.5 Å². The third kappa shape index (κ3) is 4.52. The van der Waals surface area contributed by atoms with Crippen LogP contribution in [0.5, 0.6) is 5.75 Å². The molecular formula is C21H21N3O2S. The zero-order valence-corrected chi connectivity index (χ0v) is 15.7. The second-order valence-corrected chi connectivity index (χ2v) is 7.66. The molecule has 1 N–H and O–H groups in total. The van der Waals surface area contributed by atoms with Gasteiger partial charge in [-0.2, -0.15) is 0 Å². The molecule has 0 unspecified atom stereocenters. The van der Waals surface area contributed by atoms with Crippen molar-refractivity contribution >= 4 is 17.2 Å². The molecule has 6 heteroatoms. The highest BCUT2D eigenvalue weighted by atomic mass is 32.1. The molecular weight excluding hydrogens is 358 g/mol. The van der Waals surface area contributed by atoms with Gasteiger partial charge in [-0.25, -0.2) is 9.97 Å². The van der Waals surface area contributed by atoms with Crippen molar-refractivity contribution in [3.05, 3.63) is 64.9 Å². The number of nitrogens with zero attached hydrogens (tertiary/aromatic N) is 2. The van der Waals surface area contributed by atoms with E-state index in [4.69, 9.17) is 4.74 Å². The Kier molecular flexibility index (Phi) is 5.44. The number of benzene rings is 1. The number of hydrogen-bond donors (Lipinski definition) is 1. The summed E-state index contributed by atoms with van der Waals surface area (Å²) in [4.78, 5) is 21.5. The van der Waals surface area contributed by atoms with Crippen LogP contribution in [0.4, 0.5) is 0 Å². The van der Waals surface area contributed by atoms with Gasteiger partial charge in [-0.3, -0.25) is 4.79 Å². The van der Waals surface area contributed by atoms with Crippen LogP contribution in [0.2, 0.25) is 0 Å². The summed E-state index contributed by atoms with van der Waals surface area (Å²) < 4.78 is 5.97. The quantitative estimate of drug-likeness (QED) is 0.681. The van der Waals surface area contributed by atoms with Gasteiger partial charge in [-0.1, -0.05) is 12.1 Å². The first-order chi connectivity index (χ1) is 13.3. The second kappa shape index (κ2) is 8.31. The minimum absolute atomic E-state index is 0.0106. The highest BCUT2D eigenvalue weighted by molar-refractivity contribution is 7.09. The van der Waals surface area contributed by atoms with Crippen LogP contribution >= 0.6 is 11.3 Å². The topological polar surface area (TPSA) is 64.1 Å². The van der Waals surface area contributed by atoms with E-state index in [0.717, 1.165) is 41.7 Å². The molecule has 0 spiro atoms. The third-order valence-corrected chi connectivity index (χ3v) is 5.57. The lowest BCUT2D eigenvalue weighted by Crippen LogP contribution is -2.34. The van der Waals surface area contributed by atoms with Gasteiger partial charge in [0.2, 0.25) is 5.91 Å². The van der Waals surface area contributed by atoms with Crippen molar-refractivity contribution in [2.45, 2.75) is 31.8 Å². The van der Waals surface area contributed by atoms with Crippen molar-refractivity contribution in [3.63, 3.8) is 0 Å². The van der Waals surface area contributed by atoms with Crippen molar-refractivity contribution in [1.82, 2.24) is 15.3 Å². The number of nitrogens with one attached hydrogen (secondary N) is 1. The van der Waals surface area contributed by atoms with Gasteiger partial charge in [-0.05, 0) is 47.5 Å². The summed E-state index contributed by atoms with van der Waals surface area (Å²) >= 11 is 1.74. The number of fused-ring (bicyclic) bond motifs is 1. The molecule has 1 amide bonds. The molecule has 2 aromatic heterocycles. The molecule has 3 heterocycles. The summed E-state index contributed by atoms with van der Waals surface area (Å²) in [6.45, 7) is 0.538. The lowest BCUT2D eigenvalue weighted by atomic mass is 10.0. The smallest absolute Gasteiger partial charge is 0.220 e. The van der Waals surface area contributed by atoms with E-state index in [0.29, 0.717) is 13.0 Å². The first-order valence-corrected chi connectivity index (χ1v) is 10.00. The molecule has 0 radical (unpaired) electrons. The number of amides is 1. The maximum Gasteiger partial charge on any atom is 0.220 e. The third-order valence-electron chi connectivity index (χ3n) is 4.63. The van der Waals surface area contributed by atoms with E-state index in [-0.39, 0.29) is 12.0 Å². The molecule has 0 saturated carbocycles. The van der Waals surface area contributed by atoms with Gasteiger partial charge >= 0.3 is 0 Å². The maximum absolute atomic E-state index is 12.1. The Morgan fingerprint density at radius 2 is 2.11 bits per heavy atom. The minimum atomic E-state index is -0.0106. The summed E-state index contributed by atoms with van der Waals surface area (Å²) in [6.07, 6.45) is 8.31. The van der Waals surface area contributed by atoms with Gasteiger partial charge in [0.1, 0.15) is 18.2 Å². The Morgan fingerprint density at radius 1 is 1.22 bits per heavy atom. The zero-order valence-electron chi connectivity index (χ0n) is 14.9. The fraction of sp³-hybridized carbons (Fsp3) is 0.286. The van der Waals surface area contributed by atoms with Gasteiger partial charge in [0.15, 0.2) is 0 Å². The van der Waals surface area contributed by atoms with Gasteiger partial charge in [0.05, 0.1) is 6.54 Å². The van der Waals surface area contributed by atoms with E-state index >= 15 is 0 Å². The molecule has 5 nitrogen and oxygen atoms in total. The summed E-state index contributed by atoms with van der Waals surface area (Å²) in [6, 6.07) is 10.3. The Labute approximate surface area is 162 Å². The van der Waals surface area contributed by atoms with Crippen molar-refractivity contribution in [2.75, 3.05) is 6.54 Å². The number of carbonyl (C=O) groups excluding carboxylic acids is 1. The van der Waals surface area contributed by atoms with Gasteiger partial charge in [0, 0.05) is 35.7 Å². The Hall–Kier alpha value is -2.73. The average Bonchev–Trinajstić information content (AvgIpc) is 3.36. The van der Waals surface area contributed by atoms with E-state index in [2.05, 4.69) is 32.8 Å². The standard InChI is InChI=1S/C21H21N3O2S/c25-21(5-1-3-19-4-2-8-27-19)24-13-18-10-16-9-15(6-7-20(16)26-18)17-11-22-14-23-12-17/h2,4,6-9,11-12,14,18H,1,3,5,10,13H2,(H,24,25)/t18-/m1/s1. The van der Waals surface area contributed by atoms with Crippen LogP contribution in [0.3, 0.4) is 0 Å². The summed E-state index contributed by atoms with van der Waals surface area (Å²) in [7, 11) is 0. The van der Waals surface area contributed by atoms with E-state index in [9.17, 15) is 4.79 Å². The average molecular weight is 379 g/mol. The fourth-order valence-corrected chi connectivity index (χ4v) is 4.01. The molecule has 0 bridgehead atoms. The molecule has 1 aliphatic heterocycles. The normalized spacial score (nSPS) is 15.2. The number of aryl methyl sites for hydroxylation is 1. The SMILES string of the molecule is O=C(CCCc1cccs1)NC[C@H]1Cc2cc(-c3cncnc3)ccc2O1. The predicted molar refractivity (Wildman–Crippen MR) is 106 cm³/mol. The molecule has 1 atom stereocenters. The molecule has 0 aliphatic carbocycles. The Balaban J connectivity index is 1.25. The van der Waals surface area contributed by atoms with E-state index in [1.165, 1.54) is 11.2 Å². The van der Waals surface area contributed by atoms with Crippen LogP contribution in [0.1, 0.15) is 23.3 Å². The lowest BCUT2D eigenvalue weighted by molar-refractivity contribution is -0.121. The van der Waals surface area contributed by atoms with E-state index < -0.39 is 0 Å². The lowest BCUT2D eigenvalue weighted by Gasteiger charge is -2.11. The van der Waals surface area contributed by atoms with E-state index in [1.807, 2.05) is 18.2 Å². The summed E-state index contributed by atoms with van der Waals surface area (Å²) in [5, 5.41) is 5.08. The molecule has 4 rings (SSSR count). The number of aromatic nitrogens is 2. The summed E-state index contributed by atoms with van der Waals surface area (Å²) in [5.41, 5.74) is 3.23. The zero-order chi connectivity index (χ0) is 18.5. The predicted octanol–water partition coefficient (Wildman–Crippen LogP) is 3.65. The van der Waals surface area contributed by atoms with Crippen LogP contribution in [0.15, 0.2) is 54.4 Å². The fourth-order valence-electron chi connectivity index (χ4n) is 3.26. The summed E-state index contributed by atoms with van der Waals surface area (Å²) in [5.74, 6) is 0.987. The number of hydrogen-bond acceptors (Lipinski definition) is 5. The number of ether oxygens (including phenoxy) is 1. The number of thiophene rings is 1. The Morgan fingerprint density at radius 3 is 2.93 bits per heavy atom. The number of rotatable bonds is 7. The second-order valence-electron chi connectivity index (χ2n) is 6.63. The van der Waals surface area contributed by atoms with E-state index in [1.54, 1.807) is 23.7 Å². The van der Waals surface area contributed by atoms with Crippen molar-refractivity contribution in [3.8, 4) is 16.9 Å². The molecule has 1 aliphatic rings. The van der Waals surface area contributed by atoms with Crippen LogP contribution < -0.4 is 10.1 Å². The van der Waals surface area contributed by atoms with Crippen molar-refractivity contribution in [2.24, 2.45) is 0 Å². The molecule has 27 heavy (non-hydrogen) atoms. The molecule has 0 saturated heterocycles. The van der Waals surface area contributed by atoms with Crippen molar-refractivity contribution < 1.29 is 9.53 Å². The van der Waals surface area contributed by atoms with Gasteiger partial charge < -0.3 is 10.1 Å². The minimum Gasteiger partial charge on any atom is -0.488 e. The van der Waals surface area contributed by atoms with Gasteiger partial charge in [0.25, 0.3) is 0 Å². The first-order valence-electron chi connectivity index (χ1n) is 9.12. The highest BCUT2D eigenvalue weighted by Gasteiger charge is 2.23. The van der Waals surface area contributed by atoms with Crippen LogP contribution in [-0.2, 0) is 17.6 Å². The van der Waals surface area contributed by atoms with Crippen LogP contribution in [0, 0.1) is 0 Å². The first kappa shape index (κ1) is 17.7. The van der Waals surface area contributed by atoms with Gasteiger partial charge in [-0.15, -0.1) is 11.3 Å². The number of carbonyl (C=O) groups is 1.